The lowest BCUT2D eigenvalue weighted by Crippen LogP contribution is -2.02. The quantitative estimate of drug-likeness (QED) is 0.792. The molecule has 0 aliphatic carbocycles. The van der Waals surface area contributed by atoms with Gasteiger partial charge in [0.15, 0.2) is 0 Å². The van der Waals surface area contributed by atoms with Crippen LogP contribution in [0.15, 0.2) is 36.4 Å². The van der Waals surface area contributed by atoms with E-state index in [1.165, 1.54) is 21.9 Å². The standard InChI is InChI=1S/C16H21NO/c1-18-10-2-3-13-4-6-16-12-14(8-9-17)5-7-15(16)11-13/h4-7,11-12H,2-3,8-10,17H2,1H3. The van der Waals surface area contributed by atoms with E-state index >= 15 is 0 Å². The third kappa shape index (κ3) is 3.31. The molecule has 0 amide bonds. The molecular formula is C16H21NO. The zero-order valence-electron chi connectivity index (χ0n) is 11.0. The van der Waals surface area contributed by atoms with Crippen LogP contribution in [0.5, 0.6) is 0 Å². The largest absolute Gasteiger partial charge is 0.385 e. The van der Waals surface area contributed by atoms with Crippen molar-refractivity contribution >= 4 is 10.8 Å². The van der Waals surface area contributed by atoms with Gasteiger partial charge in [0.25, 0.3) is 0 Å². The summed E-state index contributed by atoms with van der Waals surface area (Å²) in [7, 11) is 1.75. The van der Waals surface area contributed by atoms with Crippen molar-refractivity contribution in [2.45, 2.75) is 19.3 Å². The molecule has 2 aromatic carbocycles. The van der Waals surface area contributed by atoms with Gasteiger partial charge in [-0.1, -0.05) is 36.4 Å². The van der Waals surface area contributed by atoms with Crippen LogP contribution in [0.3, 0.4) is 0 Å². The Kier molecular flexibility index (Phi) is 4.73. The second kappa shape index (κ2) is 6.53. The summed E-state index contributed by atoms with van der Waals surface area (Å²) in [4.78, 5) is 0. The summed E-state index contributed by atoms with van der Waals surface area (Å²) in [6.07, 6.45) is 3.10. The molecule has 2 nitrogen and oxygen atoms in total. The van der Waals surface area contributed by atoms with E-state index in [-0.39, 0.29) is 0 Å². The molecule has 2 heteroatoms. The highest BCUT2D eigenvalue weighted by atomic mass is 16.5. The van der Waals surface area contributed by atoms with Crippen LogP contribution in [0, 0.1) is 0 Å². The molecule has 2 aromatic rings. The van der Waals surface area contributed by atoms with Crippen molar-refractivity contribution in [2.24, 2.45) is 5.73 Å². The topological polar surface area (TPSA) is 35.2 Å². The van der Waals surface area contributed by atoms with E-state index in [2.05, 4.69) is 36.4 Å². The van der Waals surface area contributed by atoms with Gasteiger partial charge in [-0.3, -0.25) is 0 Å². The monoisotopic (exact) mass is 243 g/mol. The van der Waals surface area contributed by atoms with Crippen LogP contribution >= 0.6 is 0 Å². The smallest absolute Gasteiger partial charge is 0.0465 e. The van der Waals surface area contributed by atoms with Gasteiger partial charge >= 0.3 is 0 Å². The molecule has 0 saturated carbocycles. The molecule has 0 bridgehead atoms. The number of fused-ring (bicyclic) bond motifs is 1. The lowest BCUT2D eigenvalue weighted by Gasteiger charge is -2.06. The number of benzene rings is 2. The van der Waals surface area contributed by atoms with Gasteiger partial charge in [0, 0.05) is 13.7 Å². The van der Waals surface area contributed by atoms with Crippen LogP contribution in [0.2, 0.25) is 0 Å². The summed E-state index contributed by atoms with van der Waals surface area (Å²) in [5.41, 5.74) is 8.28. The van der Waals surface area contributed by atoms with Crippen LogP contribution in [0.4, 0.5) is 0 Å². The minimum Gasteiger partial charge on any atom is -0.385 e. The Hall–Kier alpha value is -1.38. The van der Waals surface area contributed by atoms with Crippen molar-refractivity contribution in [1.29, 1.82) is 0 Å². The summed E-state index contributed by atoms with van der Waals surface area (Å²) in [5, 5.41) is 2.61. The van der Waals surface area contributed by atoms with Gasteiger partial charge < -0.3 is 10.5 Å². The van der Waals surface area contributed by atoms with Gasteiger partial charge in [0.2, 0.25) is 0 Å². The van der Waals surface area contributed by atoms with Gasteiger partial charge in [-0.25, -0.2) is 0 Å². The minimum atomic E-state index is 0.709. The highest BCUT2D eigenvalue weighted by Gasteiger charge is 1.99. The number of nitrogens with two attached hydrogens (primary N) is 1. The summed E-state index contributed by atoms with van der Waals surface area (Å²) in [5.74, 6) is 0. The predicted octanol–water partition coefficient (Wildman–Crippen LogP) is 2.92. The van der Waals surface area contributed by atoms with E-state index in [9.17, 15) is 0 Å². The molecule has 0 radical (unpaired) electrons. The number of rotatable bonds is 6. The Bertz CT molecular complexity index is 507. The highest BCUT2D eigenvalue weighted by molar-refractivity contribution is 5.83. The fourth-order valence-corrected chi connectivity index (χ4v) is 2.24. The van der Waals surface area contributed by atoms with Crippen LogP contribution in [0.25, 0.3) is 10.8 Å². The molecule has 0 heterocycles. The molecule has 0 aliphatic heterocycles. The summed E-state index contributed by atoms with van der Waals surface area (Å²) < 4.78 is 5.08. The highest BCUT2D eigenvalue weighted by Crippen LogP contribution is 2.19. The molecule has 0 saturated heterocycles. The first-order chi connectivity index (χ1) is 8.83. The average molecular weight is 243 g/mol. The number of aryl methyl sites for hydroxylation is 1. The Labute approximate surface area is 109 Å². The first kappa shape index (κ1) is 13.1. The molecule has 18 heavy (non-hydrogen) atoms. The van der Waals surface area contributed by atoms with Crippen molar-refractivity contribution in [1.82, 2.24) is 0 Å². The number of hydrogen-bond acceptors (Lipinski definition) is 2. The van der Waals surface area contributed by atoms with E-state index in [4.69, 9.17) is 10.5 Å². The Morgan fingerprint density at radius 2 is 1.56 bits per heavy atom. The third-order valence-electron chi connectivity index (χ3n) is 3.22. The van der Waals surface area contributed by atoms with E-state index < -0.39 is 0 Å². The van der Waals surface area contributed by atoms with Gasteiger partial charge in [-0.2, -0.15) is 0 Å². The molecule has 0 unspecified atom stereocenters. The van der Waals surface area contributed by atoms with Gasteiger partial charge in [0.1, 0.15) is 0 Å². The molecule has 2 N–H and O–H groups in total. The number of methoxy groups -OCH3 is 1. The first-order valence-corrected chi connectivity index (χ1v) is 6.54. The molecular weight excluding hydrogens is 222 g/mol. The first-order valence-electron chi connectivity index (χ1n) is 6.54. The van der Waals surface area contributed by atoms with Crippen molar-refractivity contribution < 1.29 is 4.74 Å². The predicted molar refractivity (Wildman–Crippen MR) is 76.9 cm³/mol. The van der Waals surface area contributed by atoms with E-state index in [0.29, 0.717) is 6.54 Å². The van der Waals surface area contributed by atoms with E-state index in [1.54, 1.807) is 7.11 Å². The maximum Gasteiger partial charge on any atom is 0.0465 e. The molecule has 0 atom stereocenters. The zero-order chi connectivity index (χ0) is 12.8. The lowest BCUT2D eigenvalue weighted by atomic mass is 10.0. The van der Waals surface area contributed by atoms with Crippen LogP contribution in [-0.2, 0) is 17.6 Å². The summed E-state index contributed by atoms with van der Waals surface area (Å²) in [6, 6.07) is 13.3. The molecule has 0 spiro atoms. The normalized spacial score (nSPS) is 11.0. The maximum atomic E-state index is 5.58. The molecule has 0 fully saturated rings. The summed E-state index contributed by atoms with van der Waals surface area (Å²) in [6.45, 7) is 1.54. The fraction of sp³-hybridized carbons (Fsp3) is 0.375. The molecule has 0 aromatic heterocycles. The zero-order valence-corrected chi connectivity index (χ0v) is 11.0. The molecule has 0 aliphatic rings. The van der Waals surface area contributed by atoms with Crippen LogP contribution < -0.4 is 5.73 Å². The minimum absolute atomic E-state index is 0.709. The van der Waals surface area contributed by atoms with Crippen molar-refractivity contribution in [3.8, 4) is 0 Å². The van der Waals surface area contributed by atoms with Crippen LogP contribution in [-0.4, -0.2) is 20.3 Å². The van der Waals surface area contributed by atoms with E-state index in [0.717, 1.165) is 25.9 Å². The van der Waals surface area contributed by atoms with Crippen LogP contribution in [0.1, 0.15) is 17.5 Å². The second-order valence-corrected chi connectivity index (χ2v) is 4.65. The number of hydrogen-bond donors (Lipinski definition) is 1. The van der Waals surface area contributed by atoms with Crippen molar-refractivity contribution in [3.63, 3.8) is 0 Å². The SMILES string of the molecule is COCCCc1ccc2cc(CCN)ccc2c1. The van der Waals surface area contributed by atoms with Crippen molar-refractivity contribution in [2.75, 3.05) is 20.3 Å². The third-order valence-corrected chi connectivity index (χ3v) is 3.22. The summed E-state index contributed by atoms with van der Waals surface area (Å²) >= 11 is 0. The van der Waals surface area contributed by atoms with Gasteiger partial charge in [-0.15, -0.1) is 0 Å². The molecule has 96 valence electrons. The Morgan fingerprint density at radius 1 is 0.944 bits per heavy atom. The lowest BCUT2D eigenvalue weighted by molar-refractivity contribution is 0.195. The molecule has 2 rings (SSSR count). The average Bonchev–Trinajstić information content (AvgIpc) is 2.39. The Morgan fingerprint density at radius 3 is 2.11 bits per heavy atom. The van der Waals surface area contributed by atoms with Gasteiger partial charge in [-0.05, 0) is 47.7 Å². The number of ether oxygens (including phenoxy) is 1. The fourth-order valence-electron chi connectivity index (χ4n) is 2.24. The van der Waals surface area contributed by atoms with E-state index in [1.807, 2.05) is 0 Å². The Balaban J connectivity index is 2.16. The second-order valence-electron chi connectivity index (χ2n) is 4.65. The van der Waals surface area contributed by atoms with Crippen molar-refractivity contribution in [3.05, 3.63) is 47.5 Å². The maximum absolute atomic E-state index is 5.58. The van der Waals surface area contributed by atoms with Gasteiger partial charge in [0.05, 0.1) is 0 Å².